The number of halogens is 5. The summed E-state index contributed by atoms with van der Waals surface area (Å²) in [5.41, 5.74) is -1.47. The first-order valence-electron chi connectivity index (χ1n) is 4.87. The number of hydrogen-bond donors (Lipinski definition) is 0. The molecule has 18 heavy (non-hydrogen) atoms. The Balaban J connectivity index is 2.68. The molecule has 6 heteroatoms. The number of nitrogens with zero attached hydrogens (tertiary/aromatic N) is 1. The van der Waals surface area contributed by atoms with Crippen molar-refractivity contribution in [1.29, 1.82) is 0 Å². The number of benzene rings is 1. The average Bonchev–Trinajstić information content (AvgIpc) is 2.31. The van der Waals surface area contributed by atoms with Crippen molar-refractivity contribution in [2.75, 3.05) is 0 Å². The Morgan fingerprint density at radius 3 is 2.39 bits per heavy atom. The van der Waals surface area contributed by atoms with Gasteiger partial charge in [0.25, 0.3) is 0 Å². The van der Waals surface area contributed by atoms with Crippen LogP contribution in [0.25, 0.3) is 11.1 Å². The summed E-state index contributed by atoms with van der Waals surface area (Å²) in [4.78, 5) is 3.31. The van der Waals surface area contributed by atoms with Crippen LogP contribution in [0.3, 0.4) is 0 Å². The van der Waals surface area contributed by atoms with E-state index >= 15 is 0 Å². The molecule has 0 radical (unpaired) electrons. The fourth-order valence-corrected chi connectivity index (χ4v) is 1.73. The monoisotopic (exact) mass is 275 g/mol. The second-order valence-corrected chi connectivity index (χ2v) is 3.97. The molecule has 0 atom stereocenters. The lowest BCUT2D eigenvalue weighted by atomic mass is 10.0. The lowest BCUT2D eigenvalue weighted by Gasteiger charge is -2.13. The van der Waals surface area contributed by atoms with Crippen LogP contribution in [0.15, 0.2) is 36.5 Å². The maximum Gasteiger partial charge on any atom is 0.417 e. The van der Waals surface area contributed by atoms with Crippen LogP contribution in [0.5, 0.6) is 0 Å². The second kappa shape index (κ2) is 4.57. The Bertz CT molecular complexity index is 581. The average molecular weight is 276 g/mol. The van der Waals surface area contributed by atoms with Gasteiger partial charge in [-0.3, -0.25) is 0 Å². The Hall–Kier alpha value is -1.62. The van der Waals surface area contributed by atoms with Crippen molar-refractivity contribution in [3.8, 4) is 11.1 Å². The summed E-state index contributed by atoms with van der Waals surface area (Å²) in [6, 6.07) is 5.82. The van der Waals surface area contributed by atoms with Crippen LogP contribution in [0, 0.1) is 5.95 Å². The maximum atomic E-state index is 13.5. The molecular weight excluding hydrogens is 270 g/mol. The molecule has 0 fully saturated rings. The predicted octanol–water partition coefficient (Wildman–Crippen LogP) is 4.56. The van der Waals surface area contributed by atoms with Crippen LogP contribution in [-0.4, -0.2) is 4.98 Å². The van der Waals surface area contributed by atoms with Gasteiger partial charge < -0.3 is 0 Å². The number of alkyl halides is 3. The Labute approximate surface area is 105 Å². The Morgan fingerprint density at radius 1 is 1.06 bits per heavy atom. The van der Waals surface area contributed by atoms with Gasteiger partial charge >= 0.3 is 6.18 Å². The molecule has 0 amide bonds. The van der Waals surface area contributed by atoms with E-state index in [4.69, 9.17) is 11.6 Å². The SMILES string of the molecule is Fc1ncc(Cl)cc1-c1ccccc1C(F)(F)F. The predicted molar refractivity (Wildman–Crippen MR) is 59.6 cm³/mol. The lowest BCUT2D eigenvalue weighted by Crippen LogP contribution is -2.07. The maximum absolute atomic E-state index is 13.5. The second-order valence-electron chi connectivity index (χ2n) is 3.54. The molecule has 0 saturated carbocycles. The van der Waals surface area contributed by atoms with E-state index in [0.29, 0.717) is 0 Å². The molecule has 94 valence electrons. The van der Waals surface area contributed by atoms with Crippen molar-refractivity contribution in [3.63, 3.8) is 0 Å². The highest BCUT2D eigenvalue weighted by Gasteiger charge is 2.34. The van der Waals surface area contributed by atoms with E-state index in [1.807, 2.05) is 0 Å². The van der Waals surface area contributed by atoms with Gasteiger partial charge in [-0.1, -0.05) is 29.8 Å². The van der Waals surface area contributed by atoms with E-state index in [0.717, 1.165) is 18.3 Å². The van der Waals surface area contributed by atoms with E-state index in [2.05, 4.69) is 4.98 Å². The van der Waals surface area contributed by atoms with Crippen molar-refractivity contribution in [2.24, 2.45) is 0 Å². The van der Waals surface area contributed by atoms with Gasteiger partial charge in [-0.05, 0) is 17.7 Å². The molecule has 2 rings (SSSR count). The van der Waals surface area contributed by atoms with Gasteiger partial charge in [0.1, 0.15) is 0 Å². The Kier molecular flexibility index (Phi) is 3.26. The summed E-state index contributed by atoms with van der Waals surface area (Å²) in [6.45, 7) is 0. The molecule has 1 heterocycles. The standard InChI is InChI=1S/C12H6ClF4N/c13-7-5-9(11(14)18-6-7)8-3-1-2-4-10(8)12(15,16)17/h1-6H. The molecule has 1 aromatic heterocycles. The van der Waals surface area contributed by atoms with E-state index in [-0.39, 0.29) is 16.1 Å². The van der Waals surface area contributed by atoms with Gasteiger partial charge in [0.15, 0.2) is 0 Å². The van der Waals surface area contributed by atoms with Gasteiger partial charge in [-0.15, -0.1) is 0 Å². The van der Waals surface area contributed by atoms with Crippen LogP contribution in [0.2, 0.25) is 5.02 Å². The third kappa shape index (κ3) is 2.46. The van der Waals surface area contributed by atoms with Gasteiger partial charge in [-0.25, -0.2) is 4.98 Å². The molecule has 0 aliphatic carbocycles. The molecule has 2 aromatic rings. The zero-order valence-electron chi connectivity index (χ0n) is 8.80. The van der Waals surface area contributed by atoms with E-state index in [1.54, 1.807) is 0 Å². The van der Waals surface area contributed by atoms with Crippen LogP contribution in [0.4, 0.5) is 17.6 Å². The summed E-state index contributed by atoms with van der Waals surface area (Å²) in [7, 11) is 0. The van der Waals surface area contributed by atoms with Crippen molar-refractivity contribution < 1.29 is 17.6 Å². The van der Waals surface area contributed by atoms with Crippen molar-refractivity contribution in [3.05, 3.63) is 53.1 Å². The van der Waals surface area contributed by atoms with Crippen molar-refractivity contribution >= 4 is 11.6 Å². The molecule has 0 N–H and O–H groups in total. The quantitative estimate of drug-likeness (QED) is 0.549. The lowest BCUT2D eigenvalue weighted by molar-refractivity contribution is -0.137. The smallest absolute Gasteiger partial charge is 0.226 e. The third-order valence-corrected chi connectivity index (χ3v) is 2.54. The Morgan fingerprint density at radius 2 is 1.72 bits per heavy atom. The van der Waals surface area contributed by atoms with Gasteiger partial charge in [0.05, 0.1) is 10.6 Å². The largest absolute Gasteiger partial charge is 0.417 e. The molecule has 0 aliphatic heterocycles. The fraction of sp³-hybridized carbons (Fsp3) is 0.0833. The summed E-state index contributed by atoms with van der Waals surface area (Å²) in [6.07, 6.45) is -3.53. The van der Waals surface area contributed by atoms with Gasteiger partial charge in [-0.2, -0.15) is 17.6 Å². The summed E-state index contributed by atoms with van der Waals surface area (Å²) in [5.74, 6) is -0.990. The molecule has 0 spiro atoms. The van der Waals surface area contributed by atoms with Crippen molar-refractivity contribution in [1.82, 2.24) is 4.98 Å². The van der Waals surface area contributed by atoms with Gasteiger partial charge in [0.2, 0.25) is 5.95 Å². The summed E-state index contributed by atoms with van der Waals surface area (Å²) >= 11 is 5.62. The molecule has 1 aromatic carbocycles. The van der Waals surface area contributed by atoms with Crippen LogP contribution < -0.4 is 0 Å². The van der Waals surface area contributed by atoms with E-state index in [1.165, 1.54) is 18.2 Å². The highest BCUT2D eigenvalue weighted by molar-refractivity contribution is 6.30. The van der Waals surface area contributed by atoms with Gasteiger partial charge in [0, 0.05) is 11.8 Å². The van der Waals surface area contributed by atoms with E-state index in [9.17, 15) is 17.6 Å². The molecule has 0 bridgehead atoms. The minimum absolute atomic E-state index is 0.0726. The third-order valence-electron chi connectivity index (χ3n) is 2.33. The summed E-state index contributed by atoms with van der Waals surface area (Å²) in [5, 5.41) is 0.0726. The first-order valence-corrected chi connectivity index (χ1v) is 5.25. The molecule has 0 unspecified atom stereocenters. The molecule has 0 aliphatic rings. The number of rotatable bonds is 1. The highest BCUT2D eigenvalue weighted by atomic mass is 35.5. The van der Waals surface area contributed by atoms with Crippen LogP contribution in [-0.2, 0) is 6.18 Å². The number of pyridine rings is 1. The molecular formula is C12H6ClF4N. The van der Waals surface area contributed by atoms with Crippen LogP contribution in [0.1, 0.15) is 5.56 Å². The first kappa shape index (κ1) is 12.8. The summed E-state index contributed by atoms with van der Waals surface area (Å²) < 4.78 is 51.9. The number of hydrogen-bond acceptors (Lipinski definition) is 1. The van der Waals surface area contributed by atoms with E-state index < -0.39 is 17.7 Å². The fourth-order valence-electron chi connectivity index (χ4n) is 1.58. The normalized spacial score (nSPS) is 11.6. The van der Waals surface area contributed by atoms with Crippen LogP contribution >= 0.6 is 11.6 Å². The number of aromatic nitrogens is 1. The minimum atomic E-state index is -4.56. The molecule has 0 saturated heterocycles. The van der Waals surface area contributed by atoms with Crippen molar-refractivity contribution in [2.45, 2.75) is 6.18 Å². The first-order chi connectivity index (χ1) is 8.39. The zero-order valence-corrected chi connectivity index (χ0v) is 9.56. The highest BCUT2D eigenvalue weighted by Crippen LogP contribution is 2.37. The molecule has 1 nitrogen and oxygen atoms in total. The topological polar surface area (TPSA) is 12.9 Å². The zero-order chi connectivity index (χ0) is 13.3. The minimum Gasteiger partial charge on any atom is -0.226 e.